The number of hydrogen-bond donors (Lipinski definition) is 2. The van der Waals surface area contributed by atoms with E-state index < -0.39 is 41.6 Å². The summed E-state index contributed by atoms with van der Waals surface area (Å²) in [5, 5.41) is 9.37. The fraction of sp³-hybridized carbons (Fsp3) is 0.217. The number of carbonyl (C=O) groups is 3. The second-order valence-electron chi connectivity index (χ2n) is 7.93. The fourth-order valence-electron chi connectivity index (χ4n) is 3.71. The average molecular weight is 453 g/mol. The van der Waals surface area contributed by atoms with Gasteiger partial charge in [-0.1, -0.05) is 30.3 Å². The molecule has 1 saturated heterocycles. The van der Waals surface area contributed by atoms with Crippen molar-refractivity contribution in [2.45, 2.75) is 25.9 Å². The van der Waals surface area contributed by atoms with Crippen molar-refractivity contribution in [2.24, 2.45) is 0 Å². The van der Waals surface area contributed by atoms with E-state index in [0.29, 0.717) is 11.1 Å². The van der Waals surface area contributed by atoms with Crippen molar-refractivity contribution >= 4 is 23.7 Å². The molecule has 0 bridgehead atoms. The smallest absolute Gasteiger partial charge is 0.319 e. The van der Waals surface area contributed by atoms with Crippen molar-refractivity contribution in [3.63, 3.8) is 0 Å². The molecule has 170 valence electrons. The van der Waals surface area contributed by atoms with Crippen LogP contribution in [0.2, 0.25) is 0 Å². The van der Waals surface area contributed by atoms with Crippen LogP contribution in [0.3, 0.4) is 0 Å². The molecule has 1 aliphatic heterocycles. The number of aromatic nitrogens is 2. The zero-order valence-corrected chi connectivity index (χ0v) is 17.9. The van der Waals surface area contributed by atoms with E-state index in [1.807, 2.05) is 0 Å². The van der Waals surface area contributed by atoms with Crippen LogP contribution in [0.1, 0.15) is 23.6 Å². The molecule has 0 spiro atoms. The van der Waals surface area contributed by atoms with Gasteiger partial charge in [-0.2, -0.15) is 5.10 Å². The van der Waals surface area contributed by atoms with Gasteiger partial charge in [0.1, 0.15) is 29.5 Å². The summed E-state index contributed by atoms with van der Waals surface area (Å²) in [6.45, 7) is 2.61. The number of nitrogens with zero attached hydrogens (tertiary/aromatic N) is 3. The van der Waals surface area contributed by atoms with Crippen LogP contribution in [0.25, 0.3) is 0 Å². The van der Waals surface area contributed by atoms with Crippen LogP contribution >= 0.6 is 0 Å². The van der Waals surface area contributed by atoms with E-state index in [-0.39, 0.29) is 17.9 Å². The predicted molar refractivity (Wildman–Crippen MR) is 115 cm³/mol. The molecule has 33 heavy (non-hydrogen) atoms. The lowest BCUT2D eigenvalue weighted by Gasteiger charge is -2.22. The SMILES string of the molecule is Cc1cnn(Cc2cc(F)ccc2F)c1NC(=O)CN1C(=O)NC(C)(c2ccccc2)C1=O. The summed E-state index contributed by atoms with van der Waals surface area (Å²) >= 11 is 0. The van der Waals surface area contributed by atoms with E-state index in [9.17, 15) is 23.2 Å². The van der Waals surface area contributed by atoms with E-state index in [0.717, 1.165) is 23.1 Å². The Morgan fingerprint density at radius 3 is 2.61 bits per heavy atom. The van der Waals surface area contributed by atoms with Gasteiger partial charge in [0.25, 0.3) is 5.91 Å². The highest BCUT2D eigenvalue weighted by atomic mass is 19.1. The number of hydrogen-bond acceptors (Lipinski definition) is 4. The third-order valence-corrected chi connectivity index (χ3v) is 5.54. The van der Waals surface area contributed by atoms with Crippen molar-refractivity contribution in [2.75, 3.05) is 11.9 Å². The van der Waals surface area contributed by atoms with Crippen LogP contribution in [-0.4, -0.2) is 39.1 Å². The zero-order valence-electron chi connectivity index (χ0n) is 17.9. The van der Waals surface area contributed by atoms with Gasteiger partial charge < -0.3 is 10.6 Å². The monoisotopic (exact) mass is 453 g/mol. The molecule has 0 aliphatic carbocycles. The number of urea groups is 1. The summed E-state index contributed by atoms with van der Waals surface area (Å²) in [5.41, 5.74) is -0.0595. The first-order valence-corrected chi connectivity index (χ1v) is 10.1. The quantitative estimate of drug-likeness (QED) is 0.561. The largest absolute Gasteiger partial charge is 0.325 e. The van der Waals surface area contributed by atoms with Crippen LogP contribution in [0.4, 0.5) is 19.4 Å². The first-order chi connectivity index (χ1) is 15.7. The third kappa shape index (κ3) is 4.19. The minimum Gasteiger partial charge on any atom is -0.319 e. The highest BCUT2D eigenvalue weighted by Gasteiger charge is 2.49. The van der Waals surface area contributed by atoms with Crippen LogP contribution in [0, 0.1) is 18.6 Å². The molecule has 4 rings (SSSR count). The Morgan fingerprint density at radius 2 is 1.88 bits per heavy atom. The number of benzene rings is 2. The summed E-state index contributed by atoms with van der Waals surface area (Å²) in [6.07, 6.45) is 1.47. The molecule has 0 radical (unpaired) electrons. The number of anilines is 1. The standard InChI is InChI=1S/C23H21F2N5O3/c1-14-11-26-30(12-15-10-17(24)8-9-18(15)25)20(14)27-19(31)13-29-21(32)23(2,28-22(29)33)16-6-4-3-5-7-16/h3-11H,12-13H2,1-2H3,(H,27,31)(H,28,33). The summed E-state index contributed by atoms with van der Waals surface area (Å²) in [7, 11) is 0. The van der Waals surface area contributed by atoms with Gasteiger partial charge in [0, 0.05) is 11.1 Å². The van der Waals surface area contributed by atoms with Crippen LogP contribution in [0.5, 0.6) is 0 Å². The van der Waals surface area contributed by atoms with E-state index in [4.69, 9.17) is 0 Å². The van der Waals surface area contributed by atoms with Gasteiger partial charge in [0.15, 0.2) is 0 Å². The molecule has 2 N–H and O–H groups in total. The molecule has 2 aromatic carbocycles. The van der Waals surface area contributed by atoms with E-state index in [2.05, 4.69) is 15.7 Å². The summed E-state index contributed by atoms with van der Waals surface area (Å²) in [4.78, 5) is 39.0. The first-order valence-electron chi connectivity index (χ1n) is 10.1. The predicted octanol–water partition coefficient (Wildman–Crippen LogP) is 2.92. The minimum absolute atomic E-state index is 0.0568. The molecular weight excluding hydrogens is 432 g/mol. The Balaban J connectivity index is 1.50. The second kappa shape index (κ2) is 8.45. The van der Waals surface area contributed by atoms with E-state index in [1.165, 1.54) is 10.9 Å². The molecule has 1 atom stereocenters. The van der Waals surface area contributed by atoms with Gasteiger partial charge in [-0.05, 0) is 37.6 Å². The third-order valence-electron chi connectivity index (χ3n) is 5.54. The van der Waals surface area contributed by atoms with Crippen LogP contribution < -0.4 is 10.6 Å². The number of imide groups is 1. The Bertz CT molecular complexity index is 1240. The molecule has 2 heterocycles. The summed E-state index contributed by atoms with van der Waals surface area (Å²) < 4.78 is 28.9. The summed E-state index contributed by atoms with van der Waals surface area (Å²) in [6, 6.07) is 11.1. The first kappa shape index (κ1) is 22.1. The molecule has 1 fully saturated rings. The molecule has 1 unspecified atom stereocenters. The maximum absolute atomic E-state index is 14.0. The molecular formula is C23H21F2N5O3. The number of amides is 4. The molecule has 8 nitrogen and oxygen atoms in total. The molecule has 10 heteroatoms. The van der Waals surface area contributed by atoms with E-state index >= 15 is 0 Å². The minimum atomic E-state index is -1.29. The van der Waals surface area contributed by atoms with Crippen molar-refractivity contribution in [1.29, 1.82) is 0 Å². The number of rotatable bonds is 6. The Kier molecular flexibility index (Phi) is 5.67. The summed E-state index contributed by atoms with van der Waals surface area (Å²) in [5.74, 6) is -2.15. The molecule has 1 aromatic heterocycles. The van der Waals surface area contributed by atoms with Gasteiger partial charge in [-0.25, -0.2) is 18.3 Å². The van der Waals surface area contributed by atoms with Crippen LogP contribution in [0.15, 0.2) is 54.7 Å². The fourth-order valence-corrected chi connectivity index (χ4v) is 3.71. The zero-order chi connectivity index (χ0) is 23.8. The lowest BCUT2D eigenvalue weighted by atomic mass is 9.92. The van der Waals surface area contributed by atoms with Crippen molar-refractivity contribution in [3.8, 4) is 0 Å². The van der Waals surface area contributed by atoms with E-state index in [1.54, 1.807) is 44.2 Å². The maximum atomic E-state index is 14.0. The molecule has 4 amide bonds. The van der Waals surface area contributed by atoms with Crippen molar-refractivity contribution < 1.29 is 23.2 Å². The number of nitrogens with one attached hydrogen (secondary N) is 2. The van der Waals surface area contributed by atoms with Gasteiger partial charge in [0.05, 0.1) is 12.7 Å². The van der Waals surface area contributed by atoms with Gasteiger partial charge in [0.2, 0.25) is 5.91 Å². The lowest BCUT2D eigenvalue weighted by molar-refractivity contribution is -0.133. The molecule has 3 aromatic rings. The van der Waals surface area contributed by atoms with Gasteiger partial charge in [-0.15, -0.1) is 0 Å². The topological polar surface area (TPSA) is 96.3 Å². The Morgan fingerprint density at radius 1 is 1.15 bits per heavy atom. The average Bonchev–Trinajstić information content (AvgIpc) is 3.23. The number of aryl methyl sites for hydroxylation is 1. The second-order valence-corrected chi connectivity index (χ2v) is 7.93. The number of carbonyl (C=O) groups excluding carboxylic acids is 3. The Labute approximate surface area is 188 Å². The van der Waals surface area contributed by atoms with Crippen molar-refractivity contribution in [3.05, 3.63) is 83.1 Å². The van der Waals surface area contributed by atoms with Crippen molar-refractivity contribution in [1.82, 2.24) is 20.0 Å². The van der Waals surface area contributed by atoms with Crippen LogP contribution in [-0.2, 0) is 21.7 Å². The van der Waals surface area contributed by atoms with Gasteiger partial charge in [-0.3, -0.25) is 14.5 Å². The van der Waals surface area contributed by atoms with Gasteiger partial charge >= 0.3 is 6.03 Å². The molecule has 1 aliphatic rings. The lowest BCUT2D eigenvalue weighted by Crippen LogP contribution is -2.42. The normalized spacial score (nSPS) is 17.9. The maximum Gasteiger partial charge on any atom is 0.325 e. The highest BCUT2D eigenvalue weighted by Crippen LogP contribution is 2.28. The number of halogens is 2. The Hall–Kier alpha value is -4.08. The molecule has 0 saturated carbocycles. The highest BCUT2D eigenvalue weighted by molar-refractivity contribution is 6.10.